The summed E-state index contributed by atoms with van der Waals surface area (Å²) in [6.45, 7) is 4.24. The van der Waals surface area contributed by atoms with Crippen molar-refractivity contribution < 1.29 is 19.1 Å². The Morgan fingerprint density at radius 1 is 0.968 bits per heavy atom. The van der Waals surface area contributed by atoms with E-state index in [-0.39, 0.29) is 11.8 Å². The van der Waals surface area contributed by atoms with Crippen molar-refractivity contribution in [1.29, 1.82) is 0 Å². The molecule has 7 heteroatoms. The Hall–Kier alpha value is -2.28. The van der Waals surface area contributed by atoms with Gasteiger partial charge in [0, 0.05) is 43.4 Å². The van der Waals surface area contributed by atoms with Gasteiger partial charge in [-0.15, -0.1) is 0 Å². The summed E-state index contributed by atoms with van der Waals surface area (Å²) < 4.78 is 10.5. The number of amides is 2. The van der Waals surface area contributed by atoms with Gasteiger partial charge in [0.1, 0.15) is 11.5 Å². The van der Waals surface area contributed by atoms with E-state index in [0.29, 0.717) is 36.1 Å². The molecule has 2 saturated heterocycles. The summed E-state index contributed by atoms with van der Waals surface area (Å²) in [5.41, 5.74) is 0.666. The van der Waals surface area contributed by atoms with E-state index in [1.807, 2.05) is 4.90 Å². The first kappa shape index (κ1) is 23.4. The third kappa shape index (κ3) is 7.42. The zero-order chi connectivity index (χ0) is 22.1. The standard InChI is InChI=1S/C24H37N3O4/c1-30-21-14-20(15-22(16-21)31-2)25-23(28)10-9-19-8-7-13-27(17-19)24(29)18-26-11-5-3-4-6-12-26/h14-16,19H,3-13,17-18H2,1-2H3,(H,25,28). The minimum Gasteiger partial charge on any atom is -0.497 e. The van der Waals surface area contributed by atoms with Crippen LogP contribution in [0.4, 0.5) is 5.69 Å². The molecule has 7 nitrogen and oxygen atoms in total. The van der Waals surface area contributed by atoms with E-state index in [4.69, 9.17) is 9.47 Å². The predicted molar refractivity (Wildman–Crippen MR) is 122 cm³/mol. The number of piperidine rings is 1. The molecule has 1 N–H and O–H groups in total. The van der Waals surface area contributed by atoms with Gasteiger partial charge in [0.05, 0.1) is 20.8 Å². The van der Waals surface area contributed by atoms with E-state index < -0.39 is 0 Å². The number of hydrogen-bond donors (Lipinski definition) is 1. The lowest BCUT2D eigenvalue weighted by Crippen LogP contribution is -2.45. The van der Waals surface area contributed by atoms with Gasteiger partial charge in [-0.2, -0.15) is 0 Å². The molecule has 0 aliphatic carbocycles. The summed E-state index contributed by atoms with van der Waals surface area (Å²) >= 11 is 0. The molecule has 172 valence electrons. The number of ether oxygens (including phenoxy) is 2. The second-order valence-electron chi connectivity index (χ2n) is 8.73. The molecule has 1 aromatic carbocycles. The number of rotatable bonds is 8. The van der Waals surface area contributed by atoms with Crippen LogP contribution in [0.15, 0.2) is 18.2 Å². The van der Waals surface area contributed by atoms with E-state index in [0.717, 1.165) is 45.4 Å². The molecule has 31 heavy (non-hydrogen) atoms. The lowest BCUT2D eigenvalue weighted by atomic mass is 9.93. The Morgan fingerprint density at radius 3 is 2.29 bits per heavy atom. The van der Waals surface area contributed by atoms with E-state index in [1.165, 1.54) is 25.7 Å². The average molecular weight is 432 g/mol. The molecule has 0 bridgehead atoms. The van der Waals surface area contributed by atoms with Crippen molar-refractivity contribution in [3.63, 3.8) is 0 Å². The Labute approximate surface area is 186 Å². The Kier molecular flexibility index (Phi) is 9.00. The molecule has 2 fully saturated rings. The van der Waals surface area contributed by atoms with Crippen molar-refractivity contribution in [1.82, 2.24) is 9.80 Å². The molecule has 2 heterocycles. The largest absolute Gasteiger partial charge is 0.497 e. The summed E-state index contributed by atoms with van der Waals surface area (Å²) in [6.07, 6.45) is 8.29. The van der Waals surface area contributed by atoms with Crippen LogP contribution >= 0.6 is 0 Å². The van der Waals surface area contributed by atoms with Gasteiger partial charge >= 0.3 is 0 Å². The van der Waals surface area contributed by atoms with Crippen LogP contribution in [0.5, 0.6) is 11.5 Å². The smallest absolute Gasteiger partial charge is 0.236 e. The van der Waals surface area contributed by atoms with Gasteiger partial charge in [-0.05, 0) is 51.1 Å². The summed E-state index contributed by atoms with van der Waals surface area (Å²) in [5.74, 6) is 1.89. The molecular weight excluding hydrogens is 394 g/mol. The third-order valence-corrected chi connectivity index (χ3v) is 6.34. The molecule has 3 rings (SSSR count). The monoisotopic (exact) mass is 431 g/mol. The van der Waals surface area contributed by atoms with Crippen LogP contribution in [0.1, 0.15) is 51.4 Å². The fourth-order valence-electron chi connectivity index (χ4n) is 4.55. The van der Waals surface area contributed by atoms with Gasteiger partial charge in [-0.25, -0.2) is 0 Å². The van der Waals surface area contributed by atoms with Crippen LogP contribution in [0.3, 0.4) is 0 Å². The maximum Gasteiger partial charge on any atom is 0.236 e. The molecule has 1 unspecified atom stereocenters. The number of carbonyl (C=O) groups is 2. The minimum absolute atomic E-state index is 0.0247. The second kappa shape index (κ2) is 11.9. The summed E-state index contributed by atoms with van der Waals surface area (Å²) in [4.78, 5) is 29.6. The van der Waals surface area contributed by atoms with Crippen LogP contribution in [-0.4, -0.2) is 68.6 Å². The average Bonchev–Trinajstić information content (AvgIpc) is 3.06. The number of benzene rings is 1. The highest BCUT2D eigenvalue weighted by atomic mass is 16.5. The van der Waals surface area contributed by atoms with E-state index in [9.17, 15) is 9.59 Å². The molecule has 1 aromatic rings. The van der Waals surface area contributed by atoms with Crippen LogP contribution < -0.4 is 14.8 Å². The predicted octanol–water partition coefficient (Wildman–Crippen LogP) is 3.54. The van der Waals surface area contributed by atoms with Gasteiger partial charge in [-0.3, -0.25) is 14.5 Å². The fourth-order valence-corrected chi connectivity index (χ4v) is 4.55. The summed E-state index contributed by atoms with van der Waals surface area (Å²) in [6, 6.07) is 5.34. The topological polar surface area (TPSA) is 71.1 Å². The number of anilines is 1. The Bertz CT molecular complexity index is 709. The maximum absolute atomic E-state index is 12.8. The van der Waals surface area contributed by atoms with Crippen molar-refractivity contribution in [2.45, 2.75) is 51.4 Å². The lowest BCUT2D eigenvalue weighted by Gasteiger charge is -2.34. The molecule has 2 aliphatic rings. The number of carbonyl (C=O) groups excluding carboxylic acids is 2. The fraction of sp³-hybridized carbons (Fsp3) is 0.667. The molecule has 1 atom stereocenters. The van der Waals surface area contributed by atoms with Gasteiger partial charge in [0.2, 0.25) is 11.8 Å². The highest BCUT2D eigenvalue weighted by Crippen LogP contribution is 2.26. The number of nitrogens with one attached hydrogen (secondary N) is 1. The van der Waals surface area contributed by atoms with Crippen LogP contribution in [-0.2, 0) is 9.59 Å². The minimum atomic E-state index is -0.0247. The van der Waals surface area contributed by atoms with Crippen molar-refractivity contribution in [2.24, 2.45) is 5.92 Å². The normalized spacial score (nSPS) is 20.1. The Balaban J connectivity index is 1.44. The first-order valence-corrected chi connectivity index (χ1v) is 11.6. The van der Waals surface area contributed by atoms with Crippen LogP contribution in [0.25, 0.3) is 0 Å². The molecule has 0 aromatic heterocycles. The van der Waals surface area contributed by atoms with Gasteiger partial charge in [-0.1, -0.05) is 12.8 Å². The van der Waals surface area contributed by atoms with Gasteiger partial charge in [0.25, 0.3) is 0 Å². The van der Waals surface area contributed by atoms with E-state index in [2.05, 4.69) is 10.2 Å². The number of methoxy groups -OCH3 is 2. The quantitative estimate of drug-likeness (QED) is 0.682. The first-order chi connectivity index (χ1) is 15.1. The molecule has 0 saturated carbocycles. The molecule has 0 spiro atoms. The third-order valence-electron chi connectivity index (χ3n) is 6.34. The highest BCUT2D eigenvalue weighted by Gasteiger charge is 2.25. The van der Waals surface area contributed by atoms with Crippen molar-refractivity contribution in [2.75, 3.05) is 52.3 Å². The highest BCUT2D eigenvalue weighted by molar-refractivity contribution is 5.91. The summed E-state index contributed by atoms with van der Waals surface area (Å²) in [7, 11) is 3.17. The SMILES string of the molecule is COc1cc(NC(=O)CCC2CCCN(C(=O)CN3CCCCCC3)C2)cc(OC)c1. The second-order valence-corrected chi connectivity index (χ2v) is 8.73. The molecular formula is C24H37N3O4. The van der Waals surface area contributed by atoms with E-state index in [1.54, 1.807) is 32.4 Å². The number of likely N-dealkylation sites (tertiary alicyclic amines) is 2. The van der Waals surface area contributed by atoms with Crippen LogP contribution in [0.2, 0.25) is 0 Å². The van der Waals surface area contributed by atoms with Gasteiger partial charge in [0.15, 0.2) is 0 Å². The lowest BCUT2D eigenvalue weighted by molar-refractivity contribution is -0.134. The zero-order valence-corrected chi connectivity index (χ0v) is 19.0. The van der Waals surface area contributed by atoms with Crippen molar-refractivity contribution in [3.05, 3.63) is 18.2 Å². The number of hydrogen-bond acceptors (Lipinski definition) is 5. The summed E-state index contributed by atoms with van der Waals surface area (Å²) in [5, 5.41) is 2.94. The first-order valence-electron chi connectivity index (χ1n) is 11.6. The Morgan fingerprint density at radius 2 is 1.65 bits per heavy atom. The molecule has 2 amide bonds. The maximum atomic E-state index is 12.8. The van der Waals surface area contributed by atoms with Gasteiger partial charge < -0.3 is 19.7 Å². The van der Waals surface area contributed by atoms with Crippen molar-refractivity contribution in [3.8, 4) is 11.5 Å². The number of nitrogens with zero attached hydrogens (tertiary/aromatic N) is 2. The molecule has 0 radical (unpaired) electrons. The van der Waals surface area contributed by atoms with Crippen molar-refractivity contribution >= 4 is 17.5 Å². The van der Waals surface area contributed by atoms with E-state index >= 15 is 0 Å². The molecule has 2 aliphatic heterocycles. The zero-order valence-electron chi connectivity index (χ0n) is 19.0. The van der Waals surface area contributed by atoms with Crippen LogP contribution in [0, 0.1) is 5.92 Å².